The van der Waals surface area contributed by atoms with Crippen molar-refractivity contribution in [1.82, 2.24) is 0 Å². The SMILES string of the molecule is OC(c1cccc(F)c1Cl)c1cc(Cl)cc2c1OCC2. The van der Waals surface area contributed by atoms with Gasteiger partial charge in [-0.15, -0.1) is 0 Å². The summed E-state index contributed by atoms with van der Waals surface area (Å²) in [4.78, 5) is 0. The molecule has 20 heavy (non-hydrogen) atoms. The topological polar surface area (TPSA) is 29.5 Å². The van der Waals surface area contributed by atoms with Crippen LogP contribution in [0.1, 0.15) is 22.8 Å². The van der Waals surface area contributed by atoms with E-state index in [0.29, 0.717) is 28.5 Å². The lowest BCUT2D eigenvalue weighted by atomic mass is 9.98. The second-order valence-corrected chi connectivity index (χ2v) is 5.44. The first kappa shape index (κ1) is 13.7. The lowest BCUT2D eigenvalue weighted by Gasteiger charge is -2.17. The van der Waals surface area contributed by atoms with E-state index in [1.54, 1.807) is 12.1 Å². The smallest absolute Gasteiger partial charge is 0.142 e. The first-order valence-corrected chi connectivity index (χ1v) is 6.90. The fourth-order valence-electron chi connectivity index (χ4n) is 2.40. The molecule has 0 radical (unpaired) electrons. The number of fused-ring (bicyclic) bond motifs is 1. The van der Waals surface area contributed by atoms with E-state index in [1.165, 1.54) is 12.1 Å². The molecule has 0 bridgehead atoms. The van der Waals surface area contributed by atoms with Gasteiger partial charge in [0.25, 0.3) is 0 Å². The fraction of sp³-hybridized carbons (Fsp3) is 0.200. The number of ether oxygens (including phenoxy) is 1. The second kappa shape index (κ2) is 5.24. The Hall–Kier alpha value is -1.29. The standard InChI is InChI=1S/C15H11Cl2FO2/c16-9-6-8-4-5-20-15(8)11(7-9)14(19)10-2-1-3-12(18)13(10)17/h1-3,6-7,14,19H,4-5H2. The molecule has 2 aromatic rings. The van der Waals surface area contributed by atoms with Gasteiger partial charge in [0.15, 0.2) is 0 Å². The van der Waals surface area contributed by atoms with E-state index < -0.39 is 11.9 Å². The molecule has 0 fully saturated rings. The van der Waals surface area contributed by atoms with Gasteiger partial charge >= 0.3 is 0 Å². The lowest BCUT2D eigenvalue weighted by molar-refractivity contribution is 0.213. The zero-order chi connectivity index (χ0) is 14.3. The summed E-state index contributed by atoms with van der Waals surface area (Å²) < 4.78 is 19.1. The third kappa shape index (κ3) is 2.26. The van der Waals surface area contributed by atoms with Crippen LogP contribution in [-0.4, -0.2) is 11.7 Å². The average molecular weight is 313 g/mol. The number of rotatable bonds is 2. The Bertz CT molecular complexity index is 673. The molecule has 0 amide bonds. The van der Waals surface area contributed by atoms with E-state index in [2.05, 4.69) is 0 Å². The van der Waals surface area contributed by atoms with Crippen molar-refractivity contribution < 1.29 is 14.2 Å². The number of hydrogen-bond donors (Lipinski definition) is 1. The number of hydrogen-bond acceptors (Lipinski definition) is 2. The summed E-state index contributed by atoms with van der Waals surface area (Å²) in [6.45, 7) is 0.548. The molecule has 104 valence electrons. The van der Waals surface area contributed by atoms with E-state index in [9.17, 15) is 9.50 Å². The fourth-order valence-corrected chi connectivity index (χ4v) is 2.88. The minimum atomic E-state index is -1.08. The predicted molar refractivity (Wildman–Crippen MR) is 76.1 cm³/mol. The molecular weight excluding hydrogens is 302 g/mol. The summed E-state index contributed by atoms with van der Waals surface area (Å²) in [5.74, 6) is 0.0463. The summed E-state index contributed by atoms with van der Waals surface area (Å²) in [6.07, 6.45) is -0.337. The minimum Gasteiger partial charge on any atom is -0.493 e. The van der Waals surface area contributed by atoms with Crippen LogP contribution in [0.5, 0.6) is 5.75 Å². The molecule has 5 heteroatoms. The van der Waals surface area contributed by atoms with Crippen molar-refractivity contribution >= 4 is 23.2 Å². The molecule has 1 heterocycles. The number of benzene rings is 2. The monoisotopic (exact) mass is 312 g/mol. The Morgan fingerprint density at radius 3 is 2.80 bits per heavy atom. The van der Waals surface area contributed by atoms with Crippen molar-refractivity contribution in [3.05, 3.63) is 62.9 Å². The van der Waals surface area contributed by atoms with Crippen molar-refractivity contribution in [3.8, 4) is 5.75 Å². The van der Waals surface area contributed by atoms with Gasteiger partial charge in [0.2, 0.25) is 0 Å². The highest BCUT2D eigenvalue weighted by Crippen LogP contribution is 2.40. The number of aliphatic hydroxyl groups excluding tert-OH is 1. The molecule has 0 aromatic heterocycles. The van der Waals surface area contributed by atoms with Gasteiger partial charge in [-0.3, -0.25) is 0 Å². The van der Waals surface area contributed by atoms with Crippen molar-refractivity contribution in [1.29, 1.82) is 0 Å². The molecule has 1 N–H and O–H groups in total. The van der Waals surface area contributed by atoms with Crippen molar-refractivity contribution in [2.75, 3.05) is 6.61 Å². The van der Waals surface area contributed by atoms with Gasteiger partial charge < -0.3 is 9.84 Å². The van der Waals surface area contributed by atoms with Gasteiger partial charge in [-0.2, -0.15) is 0 Å². The zero-order valence-electron chi connectivity index (χ0n) is 10.4. The number of aliphatic hydroxyl groups is 1. The number of halogens is 3. The highest BCUT2D eigenvalue weighted by molar-refractivity contribution is 6.31. The van der Waals surface area contributed by atoms with Crippen LogP contribution >= 0.6 is 23.2 Å². The first-order valence-electron chi connectivity index (χ1n) is 6.15. The molecule has 1 aliphatic heterocycles. The van der Waals surface area contributed by atoms with Crippen molar-refractivity contribution in [3.63, 3.8) is 0 Å². The van der Waals surface area contributed by atoms with Gasteiger partial charge in [-0.1, -0.05) is 35.3 Å². The zero-order valence-corrected chi connectivity index (χ0v) is 11.9. The second-order valence-electron chi connectivity index (χ2n) is 4.63. The average Bonchev–Trinajstić information content (AvgIpc) is 2.88. The van der Waals surface area contributed by atoms with E-state index in [1.807, 2.05) is 6.07 Å². The summed E-state index contributed by atoms with van der Waals surface area (Å²) >= 11 is 12.0. The Labute approximate surface area is 125 Å². The molecule has 1 aliphatic rings. The van der Waals surface area contributed by atoms with Crippen LogP contribution in [0.4, 0.5) is 4.39 Å². The van der Waals surface area contributed by atoms with Gasteiger partial charge in [0.05, 0.1) is 11.6 Å². The lowest BCUT2D eigenvalue weighted by Crippen LogP contribution is -2.04. The third-order valence-electron chi connectivity index (χ3n) is 3.35. The van der Waals surface area contributed by atoms with Crippen LogP contribution in [0.3, 0.4) is 0 Å². The van der Waals surface area contributed by atoms with Crippen LogP contribution in [-0.2, 0) is 6.42 Å². The summed E-state index contributed by atoms with van der Waals surface area (Å²) in [7, 11) is 0. The molecular formula is C15H11Cl2FO2. The van der Waals surface area contributed by atoms with E-state index >= 15 is 0 Å². The molecule has 0 aliphatic carbocycles. The maximum atomic E-state index is 13.5. The van der Waals surface area contributed by atoms with Crippen LogP contribution in [0.25, 0.3) is 0 Å². The van der Waals surface area contributed by atoms with Crippen LogP contribution in [0, 0.1) is 5.82 Å². The minimum absolute atomic E-state index is 0.0910. The summed E-state index contributed by atoms with van der Waals surface area (Å²) in [5, 5.41) is 10.9. The molecule has 1 atom stereocenters. The maximum Gasteiger partial charge on any atom is 0.142 e. The van der Waals surface area contributed by atoms with Crippen LogP contribution < -0.4 is 4.74 Å². The molecule has 0 saturated heterocycles. The van der Waals surface area contributed by atoms with E-state index in [-0.39, 0.29) is 5.02 Å². The van der Waals surface area contributed by atoms with E-state index in [4.69, 9.17) is 27.9 Å². The maximum absolute atomic E-state index is 13.5. The van der Waals surface area contributed by atoms with Gasteiger partial charge in [0.1, 0.15) is 17.7 Å². The van der Waals surface area contributed by atoms with Gasteiger partial charge in [-0.05, 0) is 23.8 Å². The molecule has 0 spiro atoms. The largest absolute Gasteiger partial charge is 0.493 e. The van der Waals surface area contributed by atoms with E-state index in [0.717, 1.165) is 12.0 Å². The Morgan fingerprint density at radius 2 is 2.00 bits per heavy atom. The van der Waals surface area contributed by atoms with Crippen molar-refractivity contribution in [2.45, 2.75) is 12.5 Å². The Kier molecular flexibility index (Phi) is 3.59. The molecule has 0 saturated carbocycles. The molecule has 2 nitrogen and oxygen atoms in total. The molecule has 2 aromatic carbocycles. The van der Waals surface area contributed by atoms with Crippen LogP contribution in [0.15, 0.2) is 30.3 Å². The predicted octanol–water partition coefficient (Wildman–Crippen LogP) is 4.15. The third-order valence-corrected chi connectivity index (χ3v) is 3.96. The van der Waals surface area contributed by atoms with Crippen molar-refractivity contribution in [2.24, 2.45) is 0 Å². The summed E-state index contributed by atoms with van der Waals surface area (Å²) in [5.41, 5.74) is 1.75. The van der Waals surface area contributed by atoms with Gasteiger partial charge in [0, 0.05) is 22.6 Å². The van der Waals surface area contributed by atoms with Gasteiger partial charge in [-0.25, -0.2) is 4.39 Å². The normalized spacial score (nSPS) is 14.8. The molecule has 3 rings (SSSR count). The first-order chi connectivity index (χ1) is 9.58. The Balaban J connectivity index is 2.11. The molecule has 1 unspecified atom stereocenters. The highest BCUT2D eigenvalue weighted by atomic mass is 35.5. The van der Waals surface area contributed by atoms with Crippen LogP contribution in [0.2, 0.25) is 10.0 Å². The Morgan fingerprint density at radius 1 is 1.20 bits per heavy atom. The summed E-state index contributed by atoms with van der Waals surface area (Å²) in [6, 6.07) is 7.77. The highest BCUT2D eigenvalue weighted by Gasteiger charge is 2.25. The quantitative estimate of drug-likeness (QED) is 0.902.